The fraction of sp³-hybridized carbons (Fsp3) is 0.440. The Morgan fingerprint density at radius 2 is 2.08 bits per heavy atom. The van der Waals surface area contributed by atoms with Crippen LogP contribution in [-0.4, -0.2) is 52.0 Å². The molecule has 4 rings (SSSR count). The lowest BCUT2D eigenvalue weighted by atomic mass is 9.97. The van der Waals surface area contributed by atoms with Gasteiger partial charge in [-0.2, -0.15) is 13.2 Å². The highest BCUT2D eigenvalue weighted by Crippen LogP contribution is 2.36. The van der Waals surface area contributed by atoms with Crippen molar-refractivity contribution in [1.29, 1.82) is 0 Å². The minimum absolute atomic E-state index is 0.0881. The van der Waals surface area contributed by atoms with Crippen molar-refractivity contribution in [2.45, 2.75) is 51.7 Å². The number of amides is 1. The summed E-state index contributed by atoms with van der Waals surface area (Å²) in [6, 6.07) is 3.19. The van der Waals surface area contributed by atoms with E-state index >= 15 is 0 Å². The van der Waals surface area contributed by atoms with Crippen molar-refractivity contribution in [3.05, 3.63) is 52.0 Å². The van der Waals surface area contributed by atoms with Gasteiger partial charge in [0.15, 0.2) is 5.69 Å². The molecule has 3 aromatic rings. The molecule has 2 atom stereocenters. The Labute approximate surface area is 215 Å². The van der Waals surface area contributed by atoms with Crippen LogP contribution in [0.1, 0.15) is 48.7 Å². The van der Waals surface area contributed by atoms with Crippen LogP contribution in [-0.2, 0) is 17.4 Å². The van der Waals surface area contributed by atoms with E-state index in [1.807, 2.05) is 13.0 Å². The molecule has 0 saturated carbocycles. The Kier molecular flexibility index (Phi) is 7.67. The molecule has 3 aromatic heterocycles. The van der Waals surface area contributed by atoms with Crippen molar-refractivity contribution in [1.82, 2.24) is 19.9 Å². The first-order valence-electron chi connectivity index (χ1n) is 11.8. The van der Waals surface area contributed by atoms with Crippen LogP contribution in [0.25, 0.3) is 10.6 Å². The van der Waals surface area contributed by atoms with Crippen LogP contribution in [0.4, 0.5) is 23.4 Å². The molecule has 0 spiro atoms. The molecular weight excluding hydrogens is 510 g/mol. The monoisotopic (exact) mass is 537 g/mol. The lowest BCUT2D eigenvalue weighted by Gasteiger charge is -2.33. The van der Waals surface area contributed by atoms with E-state index in [1.165, 1.54) is 13.2 Å². The van der Waals surface area contributed by atoms with E-state index < -0.39 is 23.6 Å². The highest BCUT2D eigenvalue weighted by atomic mass is 32.1. The summed E-state index contributed by atoms with van der Waals surface area (Å²) in [5, 5.41) is 4.65. The highest BCUT2D eigenvalue weighted by molar-refractivity contribution is 7.13. The Balaban J connectivity index is 1.48. The first-order chi connectivity index (χ1) is 17.5. The molecule has 198 valence electrons. The van der Waals surface area contributed by atoms with Crippen LogP contribution in [0.2, 0.25) is 0 Å². The molecule has 37 heavy (non-hydrogen) atoms. The predicted octanol–water partition coefficient (Wildman–Crippen LogP) is 5.45. The van der Waals surface area contributed by atoms with Gasteiger partial charge in [0.1, 0.15) is 16.6 Å². The summed E-state index contributed by atoms with van der Waals surface area (Å²) in [5.74, 6) is -0.633. The lowest BCUT2D eigenvalue weighted by molar-refractivity contribution is -0.140. The summed E-state index contributed by atoms with van der Waals surface area (Å²) in [5.41, 5.74) is 1.33. The molecule has 0 fully saturated rings. The third-order valence-corrected chi connectivity index (χ3v) is 7.34. The molecule has 0 radical (unpaired) electrons. The number of ether oxygens (including phenoxy) is 1. The van der Waals surface area contributed by atoms with Gasteiger partial charge in [0.2, 0.25) is 11.8 Å². The average Bonchev–Trinajstić information content (AvgIpc) is 3.37. The number of pyridine rings is 2. The number of likely N-dealkylation sites (N-methyl/N-ethyl adjacent to an activating group) is 1. The second kappa shape index (κ2) is 10.6. The number of halogens is 4. The molecule has 12 heteroatoms. The van der Waals surface area contributed by atoms with Crippen molar-refractivity contribution in [3.63, 3.8) is 0 Å². The number of aryl methyl sites for hydroxylation is 2. The smallest absolute Gasteiger partial charge is 0.434 e. The molecule has 1 amide bonds. The summed E-state index contributed by atoms with van der Waals surface area (Å²) in [7, 11) is 1.43. The van der Waals surface area contributed by atoms with Gasteiger partial charge in [-0.05, 0) is 45.2 Å². The largest absolute Gasteiger partial charge is 0.481 e. The zero-order chi connectivity index (χ0) is 26.9. The number of fused-ring (bicyclic) bond motifs is 1. The number of carbonyl (C=O) groups is 1. The average molecular weight is 538 g/mol. The summed E-state index contributed by atoms with van der Waals surface area (Å²) < 4.78 is 58.4. The summed E-state index contributed by atoms with van der Waals surface area (Å²) in [6.45, 7) is 6.09. The van der Waals surface area contributed by atoms with Gasteiger partial charge in [0.05, 0.1) is 19.2 Å². The zero-order valence-electron chi connectivity index (χ0n) is 20.8. The summed E-state index contributed by atoms with van der Waals surface area (Å²) >= 11 is 0.939. The highest BCUT2D eigenvalue weighted by Gasteiger charge is 2.34. The van der Waals surface area contributed by atoms with Gasteiger partial charge in [-0.15, -0.1) is 11.3 Å². The third-order valence-electron chi connectivity index (χ3n) is 6.46. The minimum atomic E-state index is -4.49. The number of nitrogens with one attached hydrogen (secondary N) is 1. The van der Waals surface area contributed by atoms with Gasteiger partial charge in [0, 0.05) is 47.4 Å². The SMILES string of the molecule is CCN(C[C@H]1CCc2cc(-c3nc(C(F)(F)F)cs3)c(C)nc2N1)C(=O)[C@H](C)c1cc(OC)ncc1F. The molecule has 1 N–H and O–H groups in total. The van der Waals surface area contributed by atoms with E-state index in [0.717, 1.165) is 28.5 Å². The van der Waals surface area contributed by atoms with Crippen molar-refractivity contribution in [2.75, 3.05) is 25.5 Å². The number of alkyl halides is 3. The Morgan fingerprint density at radius 1 is 1.32 bits per heavy atom. The number of rotatable bonds is 7. The van der Waals surface area contributed by atoms with Crippen LogP contribution in [0.5, 0.6) is 5.88 Å². The van der Waals surface area contributed by atoms with Gasteiger partial charge >= 0.3 is 6.18 Å². The van der Waals surface area contributed by atoms with Crippen molar-refractivity contribution >= 4 is 23.1 Å². The van der Waals surface area contributed by atoms with Crippen LogP contribution in [0.3, 0.4) is 0 Å². The van der Waals surface area contributed by atoms with E-state index in [9.17, 15) is 22.4 Å². The quantitative estimate of drug-likeness (QED) is 0.404. The molecule has 0 bridgehead atoms. The second-order valence-electron chi connectivity index (χ2n) is 8.89. The maximum absolute atomic E-state index is 14.4. The van der Waals surface area contributed by atoms with Gasteiger partial charge in [0.25, 0.3) is 0 Å². The van der Waals surface area contributed by atoms with Gasteiger partial charge in [-0.3, -0.25) is 4.79 Å². The Hall–Kier alpha value is -3.28. The standard InChI is InChI=1S/C25H27F4N5O2S/c1-5-34(24(35)13(2)17-9-21(36-4)30-10-19(17)26)11-16-7-6-15-8-18(14(3)31-22(15)32-16)23-33-20(12-37-23)25(27,28)29/h8-10,12-13,16H,5-7,11H2,1-4H3,(H,31,32)/t13-,16-/m1/s1. The maximum atomic E-state index is 14.4. The molecule has 0 aromatic carbocycles. The van der Waals surface area contributed by atoms with E-state index in [-0.39, 0.29) is 28.4 Å². The van der Waals surface area contributed by atoms with Crippen LogP contribution in [0, 0.1) is 12.7 Å². The predicted molar refractivity (Wildman–Crippen MR) is 132 cm³/mol. The topological polar surface area (TPSA) is 80.2 Å². The molecule has 4 heterocycles. The number of aromatic nitrogens is 3. The van der Waals surface area contributed by atoms with Crippen LogP contribution >= 0.6 is 11.3 Å². The van der Waals surface area contributed by atoms with Gasteiger partial charge in [-0.1, -0.05) is 0 Å². The van der Waals surface area contributed by atoms with Crippen molar-refractivity contribution in [3.8, 4) is 16.5 Å². The number of carbonyl (C=O) groups excluding carboxylic acids is 1. The first-order valence-corrected chi connectivity index (χ1v) is 12.7. The summed E-state index contributed by atoms with van der Waals surface area (Å²) in [6.07, 6.45) is -2.11. The number of methoxy groups -OCH3 is 1. The van der Waals surface area contributed by atoms with Gasteiger partial charge in [-0.25, -0.2) is 19.3 Å². The van der Waals surface area contributed by atoms with Crippen LogP contribution in [0.15, 0.2) is 23.7 Å². The molecule has 0 unspecified atom stereocenters. The minimum Gasteiger partial charge on any atom is -0.481 e. The fourth-order valence-electron chi connectivity index (χ4n) is 4.36. The number of hydrogen-bond acceptors (Lipinski definition) is 7. The molecule has 7 nitrogen and oxygen atoms in total. The van der Waals surface area contributed by atoms with E-state index in [1.54, 1.807) is 18.7 Å². The molecule has 1 aliphatic heterocycles. The van der Waals surface area contributed by atoms with Gasteiger partial charge < -0.3 is 15.0 Å². The zero-order valence-corrected chi connectivity index (χ0v) is 21.6. The normalized spacial score (nSPS) is 16.1. The number of hydrogen-bond donors (Lipinski definition) is 1. The first kappa shape index (κ1) is 26.8. The molecule has 1 aliphatic rings. The van der Waals surface area contributed by atoms with E-state index in [0.29, 0.717) is 43.0 Å². The van der Waals surface area contributed by atoms with Crippen LogP contribution < -0.4 is 10.1 Å². The number of thiazole rings is 1. The summed E-state index contributed by atoms with van der Waals surface area (Å²) in [4.78, 5) is 27.1. The van der Waals surface area contributed by atoms with Crippen molar-refractivity contribution in [2.24, 2.45) is 0 Å². The van der Waals surface area contributed by atoms with Crippen molar-refractivity contribution < 1.29 is 27.1 Å². The number of anilines is 1. The van der Waals surface area contributed by atoms with E-state index in [4.69, 9.17) is 4.74 Å². The van der Waals surface area contributed by atoms with E-state index in [2.05, 4.69) is 20.3 Å². The fourth-order valence-corrected chi connectivity index (χ4v) is 5.26. The molecular formula is C25H27F4N5O2S. The molecule has 0 aliphatic carbocycles. The lowest BCUT2D eigenvalue weighted by Crippen LogP contribution is -2.43. The number of nitrogens with zero attached hydrogens (tertiary/aromatic N) is 4. The maximum Gasteiger partial charge on any atom is 0.434 e. The second-order valence-corrected chi connectivity index (χ2v) is 9.75. The third kappa shape index (κ3) is 5.68. The Bertz CT molecular complexity index is 1300. The molecule has 0 saturated heterocycles. The Morgan fingerprint density at radius 3 is 2.73 bits per heavy atom.